The summed E-state index contributed by atoms with van der Waals surface area (Å²) in [4.78, 5) is 18.6. The maximum absolute atomic E-state index is 11.9. The Morgan fingerprint density at radius 1 is 1.28 bits per heavy atom. The lowest BCUT2D eigenvalue weighted by Gasteiger charge is -2.27. The van der Waals surface area contributed by atoms with Crippen LogP contribution < -0.4 is 5.69 Å². The Bertz CT molecular complexity index is 967. The van der Waals surface area contributed by atoms with Crippen LogP contribution in [-0.2, 0) is 13.6 Å². The van der Waals surface area contributed by atoms with Gasteiger partial charge in [-0.2, -0.15) is 10.2 Å². The summed E-state index contributed by atoms with van der Waals surface area (Å²) >= 11 is 0. The largest absolute Gasteiger partial charge is 0.343 e. The van der Waals surface area contributed by atoms with Crippen LogP contribution in [0.3, 0.4) is 0 Å². The van der Waals surface area contributed by atoms with Gasteiger partial charge in [0.25, 0.3) is 0 Å². The molecule has 0 radical (unpaired) electrons. The Kier molecular flexibility index (Phi) is 3.27. The molecule has 25 heavy (non-hydrogen) atoms. The van der Waals surface area contributed by atoms with E-state index in [2.05, 4.69) is 31.2 Å². The van der Waals surface area contributed by atoms with E-state index in [-0.39, 0.29) is 11.7 Å². The molecule has 5 rings (SSSR count). The van der Waals surface area contributed by atoms with E-state index < -0.39 is 0 Å². The van der Waals surface area contributed by atoms with Gasteiger partial charge in [0.15, 0.2) is 11.5 Å². The van der Waals surface area contributed by atoms with Crippen molar-refractivity contribution in [3.8, 4) is 0 Å². The van der Waals surface area contributed by atoms with E-state index in [0.717, 1.165) is 42.6 Å². The van der Waals surface area contributed by atoms with Crippen molar-refractivity contribution in [2.24, 2.45) is 18.9 Å². The van der Waals surface area contributed by atoms with Crippen molar-refractivity contribution in [3.05, 3.63) is 46.5 Å². The Hall–Kier alpha value is -2.48. The first kappa shape index (κ1) is 14.8. The zero-order valence-corrected chi connectivity index (χ0v) is 14.2. The number of nitrogens with zero attached hydrogens (tertiary/aromatic N) is 6. The van der Waals surface area contributed by atoms with Gasteiger partial charge in [-0.15, -0.1) is 0 Å². The fraction of sp³-hybridized carbons (Fsp3) is 0.529. The number of fused-ring (bicyclic) bond motifs is 1. The summed E-state index contributed by atoms with van der Waals surface area (Å²) in [5, 5.41) is 11.3. The van der Waals surface area contributed by atoms with Crippen molar-refractivity contribution in [1.82, 2.24) is 34.3 Å². The van der Waals surface area contributed by atoms with Gasteiger partial charge in [-0.3, -0.25) is 9.47 Å². The van der Waals surface area contributed by atoms with Crippen molar-refractivity contribution in [2.75, 3.05) is 6.54 Å². The van der Waals surface area contributed by atoms with Gasteiger partial charge in [-0.1, -0.05) is 6.07 Å². The van der Waals surface area contributed by atoms with E-state index in [4.69, 9.17) is 0 Å². The first-order chi connectivity index (χ1) is 12.2. The quantitative estimate of drug-likeness (QED) is 0.770. The Balaban J connectivity index is 1.52. The molecule has 1 saturated heterocycles. The summed E-state index contributed by atoms with van der Waals surface area (Å²) in [5.74, 6) is 2.19. The lowest BCUT2D eigenvalue weighted by Crippen LogP contribution is -2.30. The third kappa shape index (κ3) is 2.39. The predicted octanol–water partition coefficient (Wildman–Crippen LogP) is 1.12. The molecule has 1 aliphatic carbocycles. The highest BCUT2D eigenvalue weighted by atomic mass is 16.1. The highest BCUT2D eigenvalue weighted by molar-refractivity contribution is 5.37. The second kappa shape index (κ2) is 5.52. The van der Waals surface area contributed by atoms with Crippen LogP contribution in [0.15, 0.2) is 29.3 Å². The van der Waals surface area contributed by atoms with Gasteiger partial charge in [-0.05, 0) is 49.8 Å². The number of likely N-dealkylation sites (tertiary alicyclic amines) is 1. The number of pyridine rings is 1. The number of aromatic amines is 1. The van der Waals surface area contributed by atoms with Crippen LogP contribution in [0.1, 0.15) is 36.8 Å². The molecule has 0 aromatic carbocycles. The lowest BCUT2D eigenvalue weighted by molar-refractivity contribution is 0.194. The highest BCUT2D eigenvalue weighted by Gasteiger charge is 2.45. The number of nitrogens with one attached hydrogen (secondary N) is 1. The molecule has 2 fully saturated rings. The number of rotatable bonds is 4. The van der Waals surface area contributed by atoms with E-state index in [1.165, 1.54) is 12.8 Å². The molecule has 2 atom stereocenters. The molecule has 3 aromatic rings. The maximum atomic E-state index is 11.9. The van der Waals surface area contributed by atoms with Gasteiger partial charge in [0.1, 0.15) is 6.33 Å². The van der Waals surface area contributed by atoms with Crippen molar-refractivity contribution in [3.63, 3.8) is 0 Å². The number of H-pyrrole nitrogens is 1. The van der Waals surface area contributed by atoms with Gasteiger partial charge in [0.2, 0.25) is 0 Å². The second-order valence-electron chi connectivity index (χ2n) is 7.20. The van der Waals surface area contributed by atoms with Crippen LogP contribution in [0, 0.1) is 11.8 Å². The van der Waals surface area contributed by atoms with Gasteiger partial charge in [0, 0.05) is 13.6 Å². The smallest absolute Gasteiger partial charge is 0.287 e. The van der Waals surface area contributed by atoms with Crippen LogP contribution >= 0.6 is 0 Å². The number of aromatic nitrogens is 6. The number of hydrogen-bond acceptors (Lipinski definition) is 5. The number of hydrogen-bond donors (Lipinski definition) is 1. The summed E-state index contributed by atoms with van der Waals surface area (Å²) in [7, 11) is 1.81. The van der Waals surface area contributed by atoms with Crippen LogP contribution in [0.4, 0.5) is 0 Å². The molecule has 0 amide bonds. The SMILES string of the molecule is Cn1c(C2C(C3CC3)CCN2Cc2cccc3ncnn23)n[nH]c1=O. The molecule has 0 spiro atoms. The standard InChI is InChI=1S/C17H21N7O/c1-22-16(20-21-17(22)25)15-13(11-5-6-11)7-8-23(15)9-12-3-2-4-14-18-10-19-24(12)14/h2-4,10-11,13,15H,5-9H2,1H3,(H,21,25). The minimum atomic E-state index is -0.144. The van der Waals surface area contributed by atoms with Crippen molar-refractivity contribution in [2.45, 2.75) is 31.8 Å². The van der Waals surface area contributed by atoms with Gasteiger partial charge in [-0.25, -0.2) is 19.4 Å². The molecular formula is C17H21N7O. The van der Waals surface area contributed by atoms with Crippen molar-refractivity contribution >= 4 is 5.65 Å². The van der Waals surface area contributed by atoms with E-state index in [1.807, 2.05) is 16.6 Å². The summed E-state index contributed by atoms with van der Waals surface area (Å²) < 4.78 is 3.56. The molecule has 2 unspecified atom stereocenters. The van der Waals surface area contributed by atoms with E-state index in [1.54, 1.807) is 17.9 Å². The zero-order valence-electron chi connectivity index (χ0n) is 14.2. The summed E-state index contributed by atoms with van der Waals surface area (Å²) in [6, 6.07) is 6.25. The Morgan fingerprint density at radius 3 is 2.92 bits per heavy atom. The fourth-order valence-corrected chi connectivity index (χ4v) is 4.29. The summed E-state index contributed by atoms with van der Waals surface area (Å²) in [6.07, 6.45) is 5.34. The zero-order chi connectivity index (χ0) is 17.0. The first-order valence-corrected chi connectivity index (χ1v) is 8.85. The summed E-state index contributed by atoms with van der Waals surface area (Å²) in [6.45, 7) is 1.79. The minimum Gasteiger partial charge on any atom is -0.287 e. The maximum Gasteiger partial charge on any atom is 0.343 e. The average Bonchev–Trinajstić information content (AvgIpc) is 3.05. The van der Waals surface area contributed by atoms with Gasteiger partial charge in [0.05, 0.1) is 11.7 Å². The van der Waals surface area contributed by atoms with Crippen molar-refractivity contribution < 1.29 is 0 Å². The molecule has 8 heteroatoms. The third-order valence-electron chi connectivity index (χ3n) is 5.70. The molecule has 1 aliphatic heterocycles. The van der Waals surface area contributed by atoms with Gasteiger partial charge >= 0.3 is 5.69 Å². The Morgan fingerprint density at radius 2 is 2.16 bits per heavy atom. The predicted molar refractivity (Wildman–Crippen MR) is 90.8 cm³/mol. The summed E-state index contributed by atoms with van der Waals surface area (Å²) in [5.41, 5.74) is 1.82. The normalized spacial score (nSPS) is 24.4. The first-order valence-electron chi connectivity index (χ1n) is 8.85. The van der Waals surface area contributed by atoms with Crippen LogP contribution in [0.2, 0.25) is 0 Å². The second-order valence-corrected chi connectivity index (χ2v) is 7.20. The molecule has 8 nitrogen and oxygen atoms in total. The Labute approximate surface area is 144 Å². The molecule has 4 heterocycles. The topological polar surface area (TPSA) is 84.1 Å². The van der Waals surface area contributed by atoms with Crippen molar-refractivity contribution in [1.29, 1.82) is 0 Å². The molecule has 0 bridgehead atoms. The van der Waals surface area contributed by atoms with Crippen LogP contribution in [-0.4, -0.2) is 40.8 Å². The fourth-order valence-electron chi connectivity index (χ4n) is 4.29. The average molecular weight is 339 g/mol. The van der Waals surface area contributed by atoms with Gasteiger partial charge < -0.3 is 0 Å². The molecule has 1 saturated carbocycles. The molecule has 130 valence electrons. The molecule has 3 aromatic heterocycles. The molecule has 2 aliphatic rings. The lowest BCUT2D eigenvalue weighted by atomic mass is 9.94. The molecular weight excluding hydrogens is 318 g/mol. The highest BCUT2D eigenvalue weighted by Crippen LogP contribution is 2.50. The van der Waals surface area contributed by atoms with E-state index >= 15 is 0 Å². The van der Waals surface area contributed by atoms with Crippen LogP contribution in [0.5, 0.6) is 0 Å². The van der Waals surface area contributed by atoms with E-state index in [0.29, 0.717) is 5.92 Å². The van der Waals surface area contributed by atoms with Crippen LogP contribution in [0.25, 0.3) is 5.65 Å². The monoisotopic (exact) mass is 339 g/mol. The third-order valence-corrected chi connectivity index (χ3v) is 5.70. The molecule has 1 N–H and O–H groups in total. The van der Waals surface area contributed by atoms with E-state index in [9.17, 15) is 4.79 Å². The minimum absolute atomic E-state index is 0.144.